The van der Waals surface area contributed by atoms with Gasteiger partial charge in [0.15, 0.2) is 0 Å². The van der Waals surface area contributed by atoms with Crippen LogP contribution in [-0.4, -0.2) is 35.9 Å². The molecule has 0 saturated heterocycles. The van der Waals surface area contributed by atoms with Crippen molar-refractivity contribution in [3.05, 3.63) is 64.9 Å². The number of benzene rings is 2. The van der Waals surface area contributed by atoms with E-state index in [0.29, 0.717) is 35.9 Å². The third-order valence-electron chi connectivity index (χ3n) is 4.91. The quantitative estimate of drug-likeness (QED) is 0.466. The third-order valence-corrected chi connectivity index (χ3v) is 5.16. The zero-order chi connectivity index (χ0) is 22.6. The maximum Gasteiger partial charge on any atom is 0.242 e. The van der Waals surface area contributed by atoms with Gasteiger partial charge in [0.1, 0.15) is 17.6 Å². The summed E-state index contributed by atoms with van der Waals surface area (Å²) in [7, 11) is 0. The molecule has 0 aliphatic heterocycles. The Balaban J connectivity index is 1.98. The minimum Gasteiger partial charge on any atom is -0.494 e. The Morgan fingerprint density at radius 2 is 1.84 bits per heavy atom. The second-order valence-corrected chi connectivity index (χ2v) is 7.78. The monoisotopic (exact) mass is 448 g/mol. The molecule has 0 bridgehead atoms. The van der Waals surface area contributed by atoms with Crippen LogP contribution >= 0.6 is 11.6 Å². The number of carbonyl (C=O) groups excluding carboxylic acids is 2. The molecule has 0 aliphatic carbocycles. The Bertz CT molecular complexity index is 845. The first-order valence-corrected chi connectivity index (χ1v) is 11.0. The van der Waals surface area contributed by atoms with Crippen LogP contribution in [0.3, 0.4) is 0 Å². The standard InChI is InChI=1S/C24H30ClFN2O3/c1-3-4-15-27-24(30)18(2)28(17-19-8-5-6-9-22(19)26)23(29)10-7-16-31-21-13-11-20(25)12-14-21/h5-6,8-9,11-14,18H,3-4,7,10,15-17H2,1-2H3,(H,27,30)/t18-/m1/s1. The highest BCUT2D eigenvalue weighted by Gasteiger charge is 2.26. The summed E-state index contributed by atoms with van der Waals surface area (Å²) < 4.78 is 19.8. The van der Waals surface area contributed by atoms with Gasteiger partial charge in [-0.2, -0.15) is 0 Å². The summed E-state index contributed by atoms with van der Waals surface area (Å²) in [6, 6.07) is 12.6. The van der Waals surface area contributed by atoms with E-state index >= 15 is 0 Å². The molecule has 7 heteroatoms. The van der Waals surface area contributed by atoms with Gasteiger partial charge >= 0.3 is 0 Å². The molecule has 0 aliphatic rings. The van der Waals surface area contributed by atoms with Gasteiger partial charge in [0, 0.05) is 30.1 Å². The second kappa shape index (κ2) is 13.0. The summed E-state index contributed by atoms with van der Waals surface area (Å²) in [6.07, 6.45) is 2.48. The van der Waals surface area contributed by atoms with E-state index in [1.54, 1.807) is 49.4 Å². The smallest absolute Gasteiger partial charge is 0.242 e. The van der Waals surface area contributed by atoms with Crippen molar-refractivity contribution in [1.29, 1.82) is 0 Å². The van der Waals surface area contributed by atoms with Crippen LogP contribution in [0.2, 0.25) is 5.02 Å². The number of hydrogen-bond donors (Lipinski definition) is 1. The lowest BCUT2D eigenvalue weighted by molar-refractivity contribution is -0.140. The minimum atomic E-state index is -0.707. The zero-order valence-corrected chi connectivity index (χ0v) is 18.8. The number of nitrogens with zero attached hydrogens (tertiary/aromatic N) is 1. The van der Waals surface area contributed by atoms with Crippen molar-refractivity contribution in [2.24, 2.45) is 0 Å². The first kappa shape index (κ1) is 24.7. The predicted octanol–water partition coefficient (Wildman–Crippen LogP) is 4.97. The van der Waals surface area contributed by atoms with E-state index in [1.807, 2.05) is 6.92 Å². The molecule has 0 fully saturated rings. The molecule has 2 aromatic rings. The number of halogens is 2. The SMILES string of the molecule is CCCCNC(=O)[C@@H](C)N(Cc1ccccc1F)C(=O)CCCOc1ccc(Cl)cc1. The summed E-state index contributed by atoms with van der Waals surface area (Å²) in [6.45, 7) is 4.64. The summed E-state index contributed by atoms with van der Waals surface area (Å²) in [5.74, 6) is -0.189. The number of unbranched alkanes of at least 4 members (excludes halogenated alkanes) is 1. The Morgan fingerprint density at radius 1 is 1.13 bits per heavy atom. The van der Waals surface area contributed by atoms with E-state index < -0.39 is 11.9 Å². The molecule has 2 amide bonds. The summed E-state index contributed by atoms with van der Waals surface area (Å²) in [5, 5.41) is 3.47. The van der Waals surface area contributed by atoms with Crippen LogP contribution in [0.15, 0.2) is 48.5 Å². The lowest BCUT2D eigenvalue weighted by atomic mass is 10.1. The maximum atomic E-state index is 14.2. The first-order valence-electron chi connectivity index (χ1n) is 10.6. The van der Waals surface area contributed by atoms with Gasteiger partial charge in [-0.05, 0) is 50.1 Å². The van der Waals surface area contributed by atoms with E-state index in [2.05, 4.69) is 5.32 Å². The van der Waals surface area contributed by atoms with E-state index in [-0.39, 0.29) is 24.8 Å². The van der Waals surface area contributed by atoms with E-state index in [1.165, 1.54) is 11.0 Å². The minimum absolute atomic E-state index is 0.0336. The molecule has 0 spiro atoms. The van der Waals surface area contributed by atoms with E-state index in [4.69, 9.17) is 16.3 Å². The van der Waals surface area contributed by atoms with Crippen molar-refractivity contribution < 1.29 is 18.7 Å². The molecule has 1 N–H and O–H groups in total. The van der Waals surface area contributed by atoms with Crippen LogP contribution in [-0.2, 0) is 16.1 Å². The fraction of sp³-hybridized carbons (Fsp3) is 0.417. The second-order valence-electron chi connectivity index (χ2n) is 7.34. The predicted molar refractivity (Wildman–Crippen MR) is 121 cm³/mol. The van der Waals surface area contributed by atoms with Gasteiger partial charge in [-0.25, -0.2) is 4.39 Å². The van der Waals surface area contributed by atoms with Crippen LogP contribution in [0.5, 0.6) is 5.75 Å². The largest absolute Gasteiger partial charge is 0.494 e. The van der Waals surface area contributed by atoms with Gasteiger partial charge < -0.3 is 15.0 Å². The van der Waals surface area contributed by atoms with Gasteiger partial charge in [-0.15, -0.1) is 0 Å². The Morgan fingerprint density at radius 3 is 2.52 bits per heavy atom. The molecule has 2 aromatic carbocycles. The normalized spacial score (nSPS) is 11.6. The van der Waals surface area contributed by atoms with Crippen molar-refractivity contribution in [1.82, 2.24) is 10.2 Å². The molecule has 0 heterocycles. The lowest BCUT2D eigenvalue weighted by Crippen LogP contribution is -2.47. The molecule has 5 nitrogen and oxygen atoms in total. The van der Waals surface area contributed by atoms with Crippen LogP contribution < -0.4 is 10.1 Å². The number of rotatable bonds is 12. The Labute approximate surface area is 188 Å². The van der Waals surface area contributed by atoms with Crippen LogP contribution in [0.1, 0.15) is 45.1 Å². The van der Waals surface area contributed by atoms with Gasteiger partial charge in [0.25, 0.3) is 0 Å². The zero-order valence-electron chi connectivity index (χ0n) is 18.1. The third kappa shape index (κ3) is 8.21. The molecule has 1 atom stereocenters. The van der Waals surface area contributed by atoms with Crippen molar-refractivity contribution in [3.63, 3.8) is 0 Å². The Hall–Kier alpha value is -2.60. The fourth-order valence-electron chi connectivity index (χ4n) is 3.02. The maximum absolute atomic E-state index is 14.2. The average Bonchev–Trinajstić information content (AvgIpc) is 2.77. The number of nitrogens with one attached hydrogen (secondary N) is 1. The van der Waals surface area contributed by atoms with E-state index in [9.17, 15) is 14.0 Å². The van der Waals surface area contributed by atoms with E-state index in [0.717, 1.165) is 12.8 Å². The topological polar surface area (TPSA) is 58.6 Å². The Kier molecular flexibility index (Phi) is 10.3. The van der Waals surface area contributed by atoms with Gasteiger partial charge in [-0.3, -0.25) is 9.59 Å². The number of ether oxygens (including phenoxy) is 1. The molecule has 0 saturated carbocycles. The molecule has 0 unspecified atom stereocenters. The van der Waals surface area contributed by atoms with Gasteiger partial charge in [0.05, 0.1) is 6.61 Å². The summed E-state index contributed by atoms with van der Waals surface area (Å²) in [5.41, 5.74) is 0.376. The average molecular weight is 449 g/mol. The van der Waals surface area contributed by atoms with Gasteiger partial charge in [-0.1, -0.05) is 43.1 Å². The van der Waals surface area contributed by atoms with Crippen LogP contribution in [0.4, 0.5) is 4.39 Å². The van der Waals surface area contributed by atoms with Crippen molar-refractivity contribution in [2.45, 2.75) is 52.1 Å². The highest BCUT2D eigenvalue weighted by atomic mass is 35.5. The number of hydrogen-bond acceptors (Lipinski definition) is 3. The van der Waals surface area contributed by atoms with Gasteiger partial charge in [0.2, 0.25) is 11.8 Å². The van der Waals surface area contributed by atoms with Crippen LogP contribution in [0.25, 0.3) is 0 Å². The lowest BCUT2D eigenvalue weighted by Gasteiger charge is -2.29. The molecule has 168 valence electrons. The number of amides is 2. The molecule has 0 aromatic heterocycles. The molecule has 0 radical (unpaired) electrons. The van der Waals surface area contributed by atoms with Crippen molar-refractivity contribution in [2.75, 3.05) is 13.2 Å². The summed E-state index contributed by atoms with van der Waals surface area (Å²) >= 11 is 5.86. The fourth-order valence-corrected chi connectivity index (χ4v) is 3.14. The summed E-state index contributed by atoms with van der Waals surface area (Å²) in [4.78, 5) is 26.9. The van der Waals surface area contributed by atoms with Crippen molar-refractivity contribution >= 4 is 23.4 Å². The van der Waals surface area contributed by atoms with Crippen molar-refractivity contribution in [3.8, 4) is 5.75 Å². The highest BCUT2D eigenvalue weighted by Crippen LogP contribution is 2.17. The first-order chi connectivity index (χ1) is 14.9. The molecule has 2 rings (SSSR count). The number of carbonyl (C=O) groups is 2. The molecule has 31 heavy (non-hydrogen) atoms. The highest BCUT2D eigenvalue weighted by molar-refractivity contribution is 6.30. The molecular formula is C24H30ClFN2O3. The molecular weight excluding hydrogens is 419 g/mol. The van der Waals surface area contributed by atoms with Crippen LogP contribution in [0, 0.1) is 5.82 Å².